The number of carbonyl (C=O) groups excluding carboxylic acids is 2. The van der Waals surface area contributed by atoms with Gasteiger partial charge in [0.05, 0.1) is 4.91 Å². The summed E-state index contributed by atoms with van der Waals surface area (Å²) in [6.07, 6.45) is 6.19. The molecule has 1 aliphatic carbocycles. The third-order valence-corrected chi connectivity index (χ3v) is 5.65. The molecule has 0 atom stereocenters. The van der Waals surface area contributed by atoms with Gasteiger partial charge in [-0.2, -0.15) is 0 Å². The van der Waals surface area contributed by atoms with Crippen LogP contribution in [0.3, 0.4) is 0 Å². The number of amides is 2. The lowest BCUT2D eigenvalue weighted by molar-refractivity contribution is -0.129. The Balaban J connectivity index is 1.65. The molecule has 0 radical (unpaired) electrons. The van der Waals surface area contributed by atoms with Gasteiger partial charge in [0.15, 0.2) is 0 Å². The molecule has 1 aromatic rings. The summed E-state index contributed by atoms with van der Waals surface area (Å²) in [7, 11) is 0. The first-order valence-electron chi connectivity index (χ1n) is 8.14. The van der Waals surface area contributed by atoms with Crippen LogP contribution in [-0.2, 0) is 9.59 Å². The smallest absolute Gasteiger partial charge is 0.266 e. The summed E-state index contributed by atoms with van der Waals surface area (Å²) in [6.45, 7) is 2.03. The molecule has 1 saturated carbocycles. The van der Waals surface area contributed by atoms with E-state index < -0.39 is 0 Å². The second-order valence-corrected chi connectivity index (χ2v) is 7.90. The Hall–Kier alpha value is -1.66. The van der Waals surface area contributed by atoms with Crippen LogP contribution in [0.1, 0.15) is 36.8 Å². The van der Waals surface area contributed by atoms with Crippen LogP contribution in [0.25, 0.3) is 6.08 Å². The molecule has 0 unspecified atom stereocenters. The van der Waals surface area contributed by atoms with Gasteiger partial charge in [-0.05, 0) is 31.4 Å². The molecule has 126 valence electrons. The number of carbonyl (C=O) groups is 2. The van der Waals surface area contributed by atoms with Crippen molar-refractivity contribution in [3.63, 3.8) is 0 Å². The molecule has 0 spiro atoms. The Morgan fingerprint density at radius 2 is 2.00 bits per heavy atom. The highest BCUT2D eigenvalue weighted by Crippen LogP contribution is 2.32. The maximum Gasteiger partial charge on any atom is 0.266 e. The molecule has 3 rings (SSSR count). The van der Waals surface area contributed by atoms with E-state index in [4.69, 9.17) is 12.2 Å². The van der Waals surface area contributed by atoms with Gasteiger partial charge in [-0.15, -0.1) is 0 Å². The van der Waals surface area contributed by atoms with Crippen molar-refractivity contribution in [3.8, 4) is 0 Å². The van der Waals surface area contributed by atoms with Crippen LogP contribution in [0.5, 0.6) is 0 Å². The number of thioether (sulfide) groups is 1. The lowest BCUT2D eigenvalue weighted by Gasteiger charge is -2.17. The standard InChI is InChI=1S/C18H20N2O2S2/c1-12-6-8-13(9-7-12)10-15-17(22)20(18(23)24-15)11-16(21)19-14-4-2-3-5-14/h6-10,14H,2-5,11H2,1H3,(H,19,21)/b15-10+. The van der Waals surface area contributed by atoms with E-state index in [1.54, 1.807) is 0 Å². The quantitative estimate of drug-likeness (QED) is 0.661. The van der Waals surface area contributed by atoms with E-state index in [-0.39, 0.29) is 24.4 Å². The minimum Gasteiger partial charge on any atom is -0.352 e. The van der Waals surface area contributed by atoms with E-state index in [9.17, 15) is 9.59 Å². The molecule has 1 heterocycles. The van der Waals surface area contributed by atoms with Gasteiger partial charge in [-0.3, -0.25) is 14.5 Å². The second kappa shape index (κ2) is 7.49. The van der Waals surface area contributed by atoms with Crippen LogP contribution < -0.4 is 5.32 Å². The van der Waals surface area contributed by atoms with E-state index in [1.165, 1.54) is 22.2 Å². The van der Waals surface area contributed by atoms with Gasteiger partial charge in [-0.1, -0.05) is 66.7 Å². The molecule has 0 bridgehead atoms. The fourth-order valence-electron chi connectivity index (χ4n) is 2.94. The Kier molecular flexibility index (Phi) is 5.36. The average molecular weight is 361 g/mol. The summed E-state index contributed by atoms with van der Waals surface area (Å²) in [4.78, 5) is 26.6. The molecule has 6 heteroatoms. The van der Waals surface area contributed by atoms with Crippen molar-refractivity contribution in [1.82, 2.24) is 10.2 Å². The number of hydrogen-bond acceptors (Lipinski definition) is 4. The minimum absolute atomic E-state index is 0.00635. The van der Waals surface area contributed by atoms with Crippen LogP contribution in [0, 0.1) is 6.92 Å². The minimum atomic E-state index is -0.188. The Bertz CT molecular complexity index is 691. The Morgan fingerprint density at radius 1 is 1.33 bits per heavy atom. The van der Waals surface area contributed by atoms with Gasteiger partial charge in [0, 0.05) is 6.04 Å². The van der Waals surface area contributed by atoms with Crippen LogP contribution >= 0.6 is 24.0 Å². The van der Waals surface area contributed by atoms with Crippen LogP contribution in [0.2, 0.25) is 0 Å². The van der Waals surface area contributed by atoms with Gasteiger partial charge >= 0.3 is 0 Å². The largest absolute Gasteiger partial charge is 0.352 e. The number of rotatable bonds is 4. The van der Waals surface area contributed by atoms with Gasteiger partial charge in [-0.25, -0.2) is 0 Å². The predicted molar refractivity (Wildman–Crippen MR) is 101 cm³/mol. The summed E-state index contributed by atoms with van der Waals surface area (Å²) in [5.74, 6) is -0.318. The van der Waals surface area contributed by atoms with Crippen molar-refractivity contribution in [2.45, 2.75) is 38.6 Å². The molecule has 24 heavy (non-hydrogen) atoms. The lowest BCUT2D eigenvalue weighted by Crippen LogP contribution is -2.42. The summed E-state index contributed by atoms with van der Waals surface area (Å²) < 4.78 is 0.444. The third kappa shape index (κ3) is 4.05. The zero-order chi connectivity index (χ0) is 17.1. The topological polar surface area (TPSA) is 49.4 Å². The summed E-state index contributed by atoms with van der Waals surface area (Å²) in [6, 6.07) is 8.19. The molecule has 2 aliphatic rings. The molecule has 1 aliphatic heterocycles. The molecular weight excluding hydrogens is 340 g/mol. The number of nitrogens with one attached hydrogen (secondary N) is 1. The number of aryl methyl sites for hydroxylation is 1. The van der Waals surface area contributed by atoms with Crippen molar-refractivity contribution in [1.29, 1.82) is 0 Å². The predicted octanol–water partition coefficient (Wildman–Crippen LogP) is 3.26. The summed E-state index contributed by atoms with van der Waals surface area (Å²) in [5.41, 5.74) is 2.12. The normalized spacial score (nSPS) is 20.2. The fraction of sp³-hybridized carbons (Fsp3) is 0.389. The Labute approximate surface area is 151 Å². The molecule has 0 aromatic heterocycles. The molecule has 1 saturated heterocycles. The first-order chi connectivity index (χ1) is 11.5. The first-order valence-corrected chi connectivity index (χ1v) is 9.37. The molecule has 2 fully saturated rings. The lowest BCUT2D eigenvalue weighted by atomic mass is 10.1. The number of hydrogen-bond donors (Lipinski definition) is 1. The van der Waals surface area contributed by atoms with Crippen molar-refractivity contribution in [2.75, 3.05) is 6.54 Å². The van der Waals surface area contributed by atoms with E-state index in [0.717, 1.165) is 31.2 Å². The first kappa shape index (κ1) is 17.2. The van der Waals surface area contributed by atoms with Gasteiger partial charge in [0.2, 0.25) is 5.91 Å². The molecule has 1 N–H and O–H groups in total. The highest BCUT2D eigenvalue weighted by atomic mass is 32.2. The summed E-state index contributed by atoms with van der Waals surface area (Å²) >= 11 is 6.53. The Morgan fingerprint density at radius 3 is 2.67 bits per heavy atom. The zero-order valence-corrected chi connectivity index (χ0v) is 15.2. The maximum absolute atomic E-state index is 12.5. The fourth-order valence-corrected chi connectivity index (χ4v) is 4.19. The highest BCUT2D eigenvalue weighted by molar-refractivity contribution is 8.26. The number of nitrogens with zero attached hydrogens (tertiary/aromatic N) is 1. The average Bonchev–Trinajstić information content (AvgIpc) is 3.14. The molecule has 1 aromatic carbocycles. The van der Waals surface area contributed by atoms with Crippen LogP contribution in [0.4, 0.5) is 0 Å². The van der Waals surface area contributed by atoms with E-state index in [2.05, 4.69) is 5.32 Å². The van der Waals surface area contributed by atoms with Gasteiger partial charge < -0.3 is 5.32 Å². The highest BCUT2D eigenvalue weighted by Gasteiger charge is 2.33. The van der Waals surface area contributed by atoms with E-state index in [1.807, 2.05) is 37.3 Å². The van der Waals surface area contributed by atoms with Crippen molar-refractivity contribution >= 4 is 46.2 Å². The number of thiocarbonyl (C=S) groups is 1. The van der Waals surface area contributed by atoms with Gasteiger partial charge in [0.1, 0.15) is 10.9 Å². The monoisotopic (exact) mass is 360 g/mol. The van der Waals surface area contributed by atoms with Crippen molar-refractivity contribution in [2.24, 2.45) is 0 Å². The van der Waals surface area contributed by atoms with E-state index in [0.29, 0.717) is 9.23 Å². The summed E-state index contributed by atoms with van der Waals surface area (Å²) in [5, 5.41) is 3.00. The van der Waals surface area contributed by atoms with Crippen LogP contribution in [-0.4, -0.2) is 33.6 Å². The molecule has 4 nitrogen and oxygen atoms in total. The van der Waals surface area contributed by atoms with Crippen LogP contribution in [0.15, 0.2) is 29.2 Å². The van der Waals surface area contributed by atoms with Crippen molar-refractivity contribution in [3.05, 3.63) is 40.3 Å². The second-order valence-electron chi connectivity index (χ2n) is 6.23. The zero-order valence-electron chi connectivity index (χ0n) is 13.6. The number of benzene rings is 1. The molecular formula is C18H20N2O2S2. The molecule has 2 amide bonds. The maximum atomic E-state index is 12.5. The van der Waals surface area contributed by atoms with Gasteiger partial charge in [0.25, 0.3) is 5.91 Å². The third-order valence-electron chi connectivity index (χ3n) is 4.27. The van der Waals surface area contributed by atoms with Crippen molar-refractivity contribution < 1.29 is 9.59 Å². The van der Waals surface area contributed by atoms with E-state index >= 15 is 0 Å². The SMILES string of the molecule is Cc1ccc(/C=C2/SC(=S)N(CC(=O)NC3CCCC3)C2=O)cc1.